The highest BCUT2D eigenvalue weighted by Crippen LogP contribution is 2.37. The number of esters is 1. The standard InChI is InChI=1S/C23H17F3N4O2S/c1-14-19(21(31)32-11-10-28-2)20(16-8-6-15(13-27)7-9-16)29-22(33)30(14)18-5-3-4-17(12-18)23(24,25)26/h3-9,12,20H,10-11H2,1H3,(H,29,33). The molecule has 3 rings (SSSR count). The van der Waals surface area contributed by atoms with Crippen molar-refractivity contribution in [3.05, 3.63) is 87.9 Å². The fourth-order valence-corrected chi connectivity index (χ4v) is 3.76. The van der Waals surface area contributed by atoms with Crippen LogP contribution in [-0.2, 0) is 15.7 Å². The molecule has 0 aliphatic carbocycles. The number of carbonyl (C=O) groups excluding carboxylic acids is 1. The summed E-state index contributed by atoms with van der Waals surface area (Å²) in [7, 11) is 0. The van der Waals surface area contributed by atoms with Gasteiger partial charge in [-0.2, -0.15) is 18.4 Å². The van der Waals surface area contributed by atoms with Crippen molar-refractivity contribution < 1.29 is 22.7 Å². The number of thiocarbonyl (C=S) groups is 1. The summed E-state index contributed by atoms with van der Waals surface area (Å²) in [4.78, 5) is 17.5. The Hall–Kier alpha value is -3.89. The van der Waals surface area contributed by atoms with Gasteiger partial charge in [0, 0.05) is 11.4 Å². The molecule has 33 heavy (non-hydrogen) atoms. The lowest BCUT2D eigenvalue weighted by Gasteiger charge is -2.37. The lowest BCUT2D eigenvalue weighted by atomic mass is 9.94. The monoisotopic (exact) mass is 470 g/mol. The average molecular weight is 470 g/mol. The number of hydrogen-bond donors (Lipinski definition) is 1. The first-order valence-corrected chi connectivity index (χ1v) is 10.1. The Bertz CT molecular complexity index is 1190. The summed E-state index contributed by atoms with van der Waals surface area (Å²) in [6, 6.07) is 12.3. The molecule has 0 aromatic heterocycles. The van der Waals surface area contributed by atoms with Gasteiger partial charge in [-0.25, -0.2) is 11.4 Å². The van der Waals surface area contributed by atoms with Gasteiger partial charge < -0.3 is 14.9 Å². The molecule has 1 N–H and O–H groups in total. The predicted molar refractivity (Wildman–Crippen MR) is 119 cm³/mol. The number of allylic oxidation sites excluding steroid dienone is 1. The number of halogens is 3. The summed E-state index contributed by atoms with van der Waals surface area (Å²) in [6.07, 6.45) is -4.55. The molecular formula is C23H17F3N4O2S. The molecule has 168 valence electrons. The highest BCUT2D eigenvalue weighted by Gasteiger charge is 2.37. The highest BCUT2D eigenvalue weighted by atomic mass is 32.1. The number of carbonyl (C=O) groups is 1. The Labute approximate surface area is 193 Å². The summed E-state index contributed by atoms with van der Waals surface area (Å²) in [5, 5.41) is 12.1. The van der Waals surface area contributed by atoms with Crippen LogP contribution in [0.2, 0.25) is 0 Å². The minimum absolute atomic E-state index is 0.0250. The van der Waals surface area contributed by atoms with Crippen molar-refractivity contribution in [2.45, 2.75) is 19.1 Å². The van der Waals surface area contributed by atoms with Crippen molar-refractivity contribution in [2.75, 3.05) is 18.1 Å². The molecule has 0 saturated heterocycles. The normalized spacial score (nSPS) is 16.0. The number of nitrogens with zero attached hydrogens (tertiary/aromatic N) is 3. The number of rotatable bonds is 5. The lowest BCUT2D eigenvalue weighted by Crippen LogP contribution is -2.48. The number of alkyl halides is 3. The molecule has 0 amide bonds. The van der Waals surface area contributed by atoms with Gasteiger partial charge in [0.15, 0.2) is 11.7 Å². The smallest absolute Gasteiger partial charge is 0.416 e. The van der Waals surface area contributed by atoms with Crippen LogP contribution in [0.15, 0.2) is 59.8 Å². The summed E-state index contributed by atoms with van der Waals surface area (Å²) in [6.45, 7) is 8.26. The minimum atomic E-state index is -4.55. The van der Waals surface area contributed by atoms with E-state index < -0.39 is 23.8 Å². The van der Waals surface area contributed by atoms with Crippen LogP contribution in [0.1, 0.15) is 29.7 Å². The van der Waals surface area contributed by atoms with Crippen LogP contribution in [-0.4, -0.2) is 24.2 Å². The van der Waals surface area contributed by atoms with E-state index in [4.69, 9.17) is 28.8 Å². The maximum Gasteiger partial charge on any atom is 0.416 e. The molecule has 1 heterocycles. The first-order chi connectivity index (χ1) is 15.7. The molecule has 1 unspecified atom stereocenters. The Morgan fingerprint density at radius 3 is 2.61 bits per heavy atom. The van der Waals surface area contributed by atoms with Gasteiger partial charge in [-0.3, -0.25) is 4.90 Å². The van der Waals surface area contributed by atoms with Gasteiger partial charge in [-0.15, -0.1) is 0 Å². The molecule has 10 heteroatoms. The van der Waals surface area contributed by atoms with Crippen molar-refractivity contribution in [3.63, 3.8) is 0 Å². The molecule has 1 atom stereocenters. The summed E-state index contributed by atoms with van der Waals surface area (Å²) in [5.74, 6) is -0.725. The molecule has 1 aliphatic heterocycles. The van der Waals surface area contributed by atoms with Gasteiger partial charge in [0.1, 0.15) is 0 Å². The third kappa shape index (κ3) is 5.13. The Balaban J connectivity index is 2.10. The Morgan fingerprint density at radius 1 is 1.30 bits per heavy atom. The van der Waals surface area contributed by atoms with Gasteiger partial charge >= 0.3 is 12.1 Å². The van der Waals surface area contributed by atoms with E-state index in [1.165, 1.54) is 17.0 Å². The third-order valence-corrected chi connectivity index (χ3v) is 5.25. The van der Waals surface area contributed by atoms with Crippen LogP contribution < -0.4 is 10.2 Å². The van der Waals surface area contributed by atoms with E-state index in [9.17, 15) is 18.0 Å². The van der Waals surface area contributed by atoms with E-state index in [1.807, 2.05) is 6.07 Å². The summed E-state index contributed by atoms with van der Waals surface area (Å²) >= 11 is 5.45. The van der Waals surface area contributed by atoms with Crippen LogP contribution >= 0.6 is 12.2 Å². The SMILES string of the molecule is [C-]#[N+]CCOC(=O)C1=C(C)N(c2cccc(C(F)(F)F)c2)C(=S)NC1c1ccc(C#N)cc1. The molecule has 0 radical (unpaired) electrons. The van der Waals surface area contributed by atoms with Gasteiger partial charge in [0.05, 0.1) is 28.8 Å². The zero-order valence-corrected chi connectivity index (χ0v) is 18.1. The molecule has 2 aromatic carbocycles. The second kappa shape index (κ2) is 9.72. The molecule has 0 bridgehead atoms. The van der Waals surface area contributed by atoms with Crippen molar-refractivity contribution >= 4 is 29.0 Å². The maximum absolute atomic E-state index is 13.3. The fourth-order valence-electron chi connectivity index (χ4n) is 3.40. The van der Waals surface area contributed by atoms with E-state index in [2.05, 4.69) is 10.2 Å². The molecule has 0 saturated carbocycles. The van der Waals surface area contributed by atoms with Gasteiger partial charge in [-0.05, 0) is 55.0 Å². The Morgan fingerprint density at radius 2 is 2.00 bits per heavy atom. The highest BCUT2D eigenvalue weighted by molar-refractivity contribution is 7.80. The van der Waals surface area contributed by atoms with E-state index >= 15 is 0 Å². The molecular weight excluding hydrogens is 453 g/mol. The van der Waals surface area contributed by atoms with E-state index in [0.29, 0.717) is 16.8 Å². The first-order valence-electron chi connectivity index (χ1n) is 9.66. The topological polar surface area (TPSA) is 69.7 Å². The van der Waals surface area contributed by atoms with Crippen molar-refractivity contribution in [1.82, 2.24) is 5.32 Å². The average Bonchev–Trinajstić information content (AvgIpc) is 2.78. The fraction of sp³-hybridized carbons (Fsp3) is 0.217. The number of ether oxygens (including phenoxy) is 1. The molecule has 0 spiro atoms. The van der Waals surface area contributed by atoms with E-state index in [-0.39, 0.29) is 29.5 Å². The number of nitrogens with one attached hydrogen (secondary N) is 1. The van der Waals surface area contributed by atoms with Gasteiger partial charge in [0.25, 0.3) is 0 Å². The zero-order valence-electron chi connectivity index (χ0n) is 17.3. The third-order valence-electron chi connectivity index (χ3n) is 4.95. The largest absolute Gasteiger partial charge is 0.454 e. The number of nitriles is 1. The van der Waals surface area contributed by atoms with E-state index in [1.54, 1.807) is 31.2 Å². The molecule has 6 nitrogen and oxygen atoms in total. The molecule has 1 aliphatic rings. The quantitative estimate of drug-likeness (QED) is 0.294. The summed E-state index contributed by atoms with van der Waals surface area (Å²) < 4.78 is 45.0. The van der Waals surface area contributed by atoms with Crippen molar-refractivity contribution in [1.29, 1.82) is 5.26 Å². The zero-order chi connectivity index (χ0) is 24.2. The maximum atomic E-state index is 13.3. The van der Waals surface area contributed by atoms with Crippen molar-refractivity contribution in [2.24, 2.45) is 0 Å². The van der Waals surface area contributed by atoms with Crippen LogP contribution in [0.25, 0.3) is 4.85 Å². The Kier molecular flexibility index (Phi) is 7.00. The summed E-state index contributed by atoms with van der Waals surface area (Å²) in [5.41, 5.74) is 0.729. The first kappa shape index (κ1) is 23.8. The number of benzene rings is 2. The lowest BCUT2D eigenvalue weighted by molar-refractivity contribution is -0.139. The number of anilines is 1. The molecule has 0 fully saturated rings. The van der Waals surface area contributed by atoms with Gasteiger partial charge in [0.2, 0.25) is 6.54 Å². The molecule has 2 aromatic rings. The second-order valence-corrected chi connectivity index (χ2v) is 7.40. The van der Waals surface area contributed by atoms with E-state index in [0.717, 1.165) is 12.1 Å². The van der Waals surface area contributed by atoms with Crippen molar-refractivity contribution in [3.8, 4) is 6.07 Å². The number of hydrogen-bond acceptors (Lipinski definition) is 4. The predicted octanol–water partition coefficient (Wildman–Crippen LogP) is 4.75. The van der Waals surface area contributed by atoms with Crippen LogP contribution in [0.5, 0.6) is 0 Å². The van der Waals surface area contributed by atoms with Crippen LogP contribution in [0, 0.1) is 17.9 Å². The van der Waals surface area contributed by atoms with Crippen LogP contribution in [0.3, 0.4) is 0 Å². The van der Waals surface area contributed by atoms with Gasteiger partial charge in [-0.1, -0.05) is 18.2 Å². The second-order valence-electron chi connectivity index (χ2n) is 7.02. The minimum Gasteiger partial charge on any atom is -0.454 e. The van der Waals surface area contributed by atoms with Crippen LogP contribution in [0.4, 0.5) is 18.9 Å².